The smallest absolute Gasteiger partial charge is 0.308 e. The van der Waals surface area contributed by atoms with Crippen LogP contribution in [0.25, 0.3) is 0 Å². The van der Waals surface area contributed by atoms with E-state index in [4.69, 9.17) is 0 Å². The normalized spacial score (nSPS) is 20.2. The van der Waals surface area contributed by atoms with Gasteiger partial charge in [-0.3, -0.25) is 9.69 Å². The maximum absolute atomic E-state index is 13.5. The fraction of sp³-hybridized carbons (Fsp3) is 0.421. The van der Waals surface area contributed by atoms with E-state index in [2.05, 4.69) is 27.1 Å². The first-order chi connectivity index (χ1) is 12.6. The zero-order valence-electron chi connectivity index (χ0n) is 14.7. The number of nitrogens with zero attached hydrogens (tertiary/aromatic N) is 3. The summed E-state index contributed by atoms with van der Waals surface area (Å²) in [6, 6.07) is 6.23. The molecule has 0 aliphatic carbocycles. The van der Waals surface area contributed by atoms with Gasteiger partial charge in [-0.2, -0.15) is 0 Å². The number of aliphatic carboxylic acids is 1. The molecule has 0 amide bonds. The van der Waals surface area contributed by atoms with Crippen LogP contribution in [0.15, 0.2) is 36.7 Å². The zero-order valence-corrected chi connectivity index (χ0v) is 14.7. The summed E-state index contributed by atoms with van der Waals surface area (Å²) in [5.74, 6) is -1.37. The fourth-order valence-electron chi connectivity index (χ4n) is 3.36. The number of hydrogen-bond acceptors (Lipinski definition) is 5. The van der Waals surface area contributed by atoms with Gasteiger partial charge < -0.3 is 10.4 Å². The number of carbonyl (C=O) groups is 1. The van der Waals surface area contributed by atoms with Crippen molar-refractivity contribution in [3.63, 3.8) is 0 Å². The van der Waals surface area contributed by atoms with Gasteiger partial charge in [0.15, 0.2) is 0 Å². The standard InChI is InChI=1S/C19H23FN4O2/c1-2-6-21-19-22-8-13(9-23-19)10-24-11-16(17(12-24)18(25)26)14-4-3-5-15(20)7-14/h3-5,7-9,16-17H,2,6,10-12H2,1H3,(H,25,26)(H,21,22,23)/t16-,17+/m0/s1. The van der Waals surface area contributed by atoms with Gasteiger partial charge in [0.25, 0.3) is 0 Å². The van der Waals surface area contributed by atoms with Crippen molar-refractivity contribution in [1.29, 1.82) is 0 Å². The second kappa shape index (κ2) is 8.23. The molecule has 1 aliphatic heterocycles. The van der Waals surface area contributed by atoms with Crippen LogP contribution in [0.5, 0.6) is 0 Å². The van der Waals surface area contributed by atoms with E-state index in [0.29, 0.717) is 25.6 Å². The van der Waals surface area contributed by atoms with E-state index in [-0.39, 0.29) is 11.7 Å². The van der Waals surface area contributed by atoms with Crippen LogP contribution in [-0.2, 0) is 11.3 Å². The molecule has 2 N–H and O–H groups in total. The molecule has 2 atom stereocenters. The highest BCUT2D eigenvalue weighted by Gasteiger charge is 2.38. The molecule has 0 saturated carbocycles. The van der Waals surface area contributed by atoms with Crippen LogP contribution in [0.2, 0.25) is 0 Å². The van der Waals surface area contributed by atoms with E-state index in [1.54, 1.807) is 24.5 Å². The van der Waals surface area contributed by atoms with Crippen molar-refractivity contribution in [1.82, 2.24) is 14.9 Å². The molecule has 1 aromatic heterocycles. The quantitative estimate of drug-likeness (QED) is 0.792. The lowest BCUT2D eigenvalue weighted by Crippen LogP contribution is -2.23. The Kier molecular flexibility index (Phi) is 5.78. The van der Waals surface area contributed by atoms with Crippen LogP contribution < -0.4 is 5.32 Å². The Hall–Kier alpha value is -2.54. The molecular weight excluding hydrogens is 335 g/mol. The second-order valence-electron chi connectivity index (χ2n) is 6.64. The number of nitrogens with one attached hydrogen (secondary N) is 1. The third-order valence-corrected chi connectivity index (χ3v) is 4.63. The number of carboxylic acids is 1. The summed E-state index contributed by atoms with van der Waals surface area (Å²) in [5, 5.41) is 12.7. The minimum atomic E-state index is -0.850. The number of carboxylic acid groups (broad SMARTS) is 1. The van der Waals surface area contributed by atoms with Crippen LogP contribution in [-0.4, -0.2) is 45.6 Å². The number of rotatable bonds is 7. The molecule has 2 aromatic rings. The first-order valence-electron chi connectivity index (χ1n) is 8.82. The van der Waals surface area contributed by atoms with E-state index >= 15 is 0 Å². The van der Waals surface area contributed by atoms with Crippen molar-refractivity contribution in [2.45, 2.75) is 25.8 Å². The summed E-state index contributed by atoms with van der Waals surface area (Å²) in [5.41, 5.74) is 1.66. The highest BCUT2D eigenvalue weighted by Crippen LogP contribution is 2.34. The summed E-state index contributed by atoms with van der Waals surface area (Å²) in [7, 11) is 0. The average molecular weight is 358 g/mol. The zero-order chi connectivity index (χ0) is 18.5. The van der Waals surface area contributed by atoms with Gasteiger partial charge in [0.1, 0.15) is 5.82 Å². The lowest BCUT2D eigenvalue weighted by Gasteiger charge is -2.16. The monoisotopic (exact) mass is 358 g/mol. The van der Waals surface area contributed by atoms with E-state index in [1.165, 1.54) is 12.1 Å². The Morgan fingerprint density at radius 1 is 1.35 bits per heavy atom. The SMILES string of the molecule is CCCNc1ncc(CN2C[C@@H](C(=O)O)[C@H](c3cccc(F)c3)C2)cn1. The van der Waals surface area contributed by atoms with Crippen LogP contribution in [0.4, 0.5) is 10.3 Å². The van der Waals surface area contributed by atoms with E-state index in [1.807, 2.05) is 0 Å². The molecule has 2 heterocycles. The predicted octanol–water partition coefficient (Wildman–Crippen LogP) is 2.74. The molecule has 6 nitrogen and oxygen atoms in total. The Bertz CT molecular complexity index is 753. The van der Waals surface area contributed by atoms with Gasteiger partial charge in [0.2, 0.25) is 5.95 Å². The molecule has 0 radical (unpaired) electrons. The molecule has 26 heavy (non-hydrogen) atoms. The first-order valence-corrected chi connectivity index (χ1v) is 8.82. The summed E-state index contributed by atoms with van der Waals surface area (Å²) in [6.45, 7) is 4.45. The Morgan fingerprint density at radius 2 is 2.12 bits per heavy atom. The number of hydrogen-bond donors (Lipinski definition) is 2. The van der Waals surface area contributed by atoms with Crippen molar-refractivity contribution in [2.75, 3.05) is 25.0 Å². The van der Waals surface area contributed by atoms with Crippen LogP contribution in [0.1, 0.15) is 30.4 Å². The lowest BCUT2D eigenvalue weighted by molar-refractivity contribution is -0.141. The van der Waals surface area contributed by atoms with E-state index in [0.717, 1.165) is 24.1 Å². The number of benzene rings is 1. The third-order valence-electron chi connectivity index (χ3n) is 4.63. The van der Waals surface area contributed by atoms with Crippen molar-refractivity contribution in [3.05, 3.63) is 53.6 Å². The topological polar surface area (TPSA) is 78.4 Å². The highest BCUT2D eigenvalue weighted by atomic mass is 19.1. The van der Waals surface area contributed by atoms with Gasteiger partial charge in [-0.15, -0.1) is 0 Å². The largest absolute Gasteiger partial charge is 0.481 e. The molecule has 1 aliphatic rings. The maximum Gasteiger partial charge on any atom is 0.308 e. The van der Waals surface area contributed by atoms with Gasteiger partial charge >= 0.3 is 5.97 Å². The molecule has 0 bridgehead atoms. The predicted molar refractivity (Wildman–Crippen MR) is 96.4 cm³/mol. The molecule has 1 fully saturated rings. The fourth-order valence-corrected chi connectivity index (χ4v) is 3.36. The maximum atomic E-state index is 13.5. The molecule has 0 unspecified atom stereocenters. The molecular formula is C19H23FN4O2. The number of likely N-dealkylation sites (tertiary alicyclic amines) is 1. The minimum Gasteiger partial charge on any atom is -0.481 e. The molecule has 1 aromatic carbocycles. The third kappa shape index (κ3) is 4.35. The second-order valence-corrected chi connectivity index (χ2v) is 6.64. The average Bonchev–Trinajstić information content (AvgIpc) is 3.05. The Balaban J connectivity index is 1.69. The minimum absolute atomic E-state index is 0.227. The van der Waals surface area contributed by atoms with E-state index < -0.39 is 11.9 Å². The molecule has 138 valence electrons. The molecule has 1 saturated heterocycles. The Labute approximate surface area is 152 Å². The van der Waals surface area contributed by atoms with Gasteiger partial charge in [-0.1, -0.05) is 19.1 Å². The number of aromatic nitrogens is 2. The summed E-state index contributed by atoms with van der Waals surface area (Å²) in [4.78, 5) is 22.3. The molecule has 3 rings (SSSR count). The van der Waals surface area contributed by atoms with Crippen molar-refractivity contribution >= 4 is 11.9 Å². The highest BCUT2D eigenvalue weighted by molar-refractivity contribution is 5.72. The van der Waals surface area contributed by atoms with Gasteiger partial charge in [0, 0.05) is 50.1 Å². The Morgan fingerprint density at radius 3 is 2.77 bits per heavy atom. The summed E-state index contributed by atoms with van der Waals surface area (Å²) in [6.07, 6.45) is 4.52. The summed E-state index contributed by atoms with van der Waals surface area (Å²) < 4.78 is 13.5. The van der Waals surface area contributed by atoms with Crippen LogP contribution in [0, 0.1) is 11.7 Å². The lowest BCUT2D eigenvalue weighted by atomic mass is 9.89. The van der Waals surface area contributed by atoms with Crippen LogP contribution in [0.3, 0.4) is 0 Å². The van der Waals surface area contributed by atoms with Gasteiger partial charge in [0.05, 0.1) is 5.92 Å². The molecule has 7 heteroatoms. The summed E-state index contributed by atoms with van der Waals surface area (Å²) >= 11 is 0. The van der Waals surface area contributed by atoms with Crippen molar-refractivity contribution < 1.29 is 14.3 Å². The number of anilines is 1. The first kappa shape index (κ1) is 18.3. The van der Waals surface area contributed by atoms with E-state index in [9.17, 15) is 14.3 Å². The van der Waals surface area contributed by atoms with Crippen LogP contribution >= 0.6 is 0 Å². The van der Waals surface area contributed by atoms with Gasteiger partial charge in [-0.25, -0.2) is 14.4 Å². The van der Waals surface area contributed by atoms with Crippen molar-refractivity contribution in [3.8, 4) is 0 Å². The van der Waals surface area contributed by atoms with Crippen molar-refractivity contribution in [2.24, 2.45) is 5.92 Å². The van der Waals surface area contributed by atoms with Gasteiger partial charge in [-0.05, 0) is 24.1 Å². The molecule has 0 spiro atoms. The number of halogens is 1.